The summed E-state index contributed by atoms with van der Waals surface area (Å²) in [6, 6.07) is 0. The van der Waals surface area contributed by atoms with Crippen LogP contribution in [0.2, 0.25) is 0 Å². The van der Waals surface area contributed by atoms with Crippen LogP contribution in [-0.2, 0) is 0 Å². The molecule has 0 saturated heterocycles. The predicted molar refractivity (Wildman–Crippen MR) is 53.3 cm³/mol. The first kappa shape index (κ1) is 9.47. The molecule has 0 heterocycles. The van der Waals surface area contributed by atoms with Gasteiger partial charge in [-0.05, 0) is 25.2 Å². The van der Waals surface area contributed by atoms with Crippen LogP contribution < -0.4 is 5.73 Å². The molecule has 3 N–H and O–H groups in total. The normalized spacial score (nSPS) is 40.6. The summed E-state index contributed by atoms with van der Waals surface area (Å²) in [4.78, 5) is 0. The lowest BCUT2D eigenvalue weighted by Gasteiger charge is -2.41. The van der Waals surface area contributed by atoms with Gasteiger partial charge in [0.2, 0.25) is 0 Å². The molecule has 0 amide bonds. The predicted octanol–water partition coefficient (Wildman–Crippen LogP) is 1.67. The molecule has 2 aliphatic carbocycles. The first-order valence-electron chi connectivity index (χ1n) is 5.65. The van der Waals surface area contributed by atoms with Crippen molar-refractivity contribution in [2.45, 2.75) is 51.0 Å². The molecule has 2 heteroatoms. The minimum atomic E-state index is -0.119. The molecule has 0 spiro atoms. The Kier molecular flexibility index (Phi) is 2.61. The maximum absolute atomic E-state index is 10.0. The van der Waals surface area contributed by atoms with Crippen molar-refractivity contribution >= 4 is 0 Å². The molecule has 2 nitrogen and oxygen atoms in total. The van der Waals surface area contributed by atoms with Crippen LogP contribution >= 0.6 is 0 Å². The highest BCUT2D eigenvalue weighted by Crippen LogP contribution is 2.47. The quantitative estimate of drug-likeness (QED) is 0.699. The highest BCUT2D eigenvalue weighted by molar-refractivity contribution is 4.94. The number of nitrogens with two attached hydrogens (primary N) is 1. The monoisotopic (exact) mass is 183 g/mol. The van der Waals surface area contributed by atoms with E-state index in [1.54, 1.807) is 0 Å². The van der Waals surface area contributed by atoms with Crippen LogP contribution in [0, 0.1) is 11.3 Å². The van der Waals surface area contributed by atoms with E-state index in [0.29, 0.717) is 6.54 Å². The van der Waals surface area contributed by atoms with Crippen molar-refractivity contribution in [3.05, 3.63) is 0 Å². The Hall–Kier alpha value is -0.0800. The van der Waals surface area contributed by atoms with E-state index in [4.69, 9.17) is 5.73 Å². The zero-order valence-electron chi connectivity index (χ0n) is 8.34. The maximum atomic E-state index is 10.0. The molecular weight excluding hydrogens is 162 g/mol. The van der Waals surface area contributed by atoms with Gasteiger partial charge in [0.25, 0.3) is 0 Å². The molecule has 2 saturated carbocycles. The standard InChI is InChI=1S/C11H21NO/c12-8-11(7-9-4-5-9)6-2-1-3-10(11)13/h9-10,13H,1-8,12H2. The summed E-state index contributed by atoms with van der Waals surface area (Å²) < 4.78 is 0. The third-order valence-corrected chi connectivity index (χ3v) is 3.91. The molecule has 0 bridgehead atoms. The molecule has 0 aromatic heterocycles. The van der Waals surface area contributed by atoms with Crippen molar-refractivity contribution in [1.29, 1.82) is 0 Å². The van der Waals surface area contributed by atoms with Gasteiger partial charge in [0.1, 0.15) is 0 Å². The van der Waals surface area contributed by atoms with E-state index in [-0.39, 0.29) is 11.5 Å². The second-order valence-electron chi connectivity index (χ2n) is 4.98. The summed E-state index contributed by atoms with van der Waals surface area (Å²) in [6.45, 7) is 0.685. The van der Waals surface area contributed by atoms with Crippen LogP contribution in [0.5, 0.6) is 0 Å². The minimum absolute atomic E-state index is 0.0966. The lowest BCUT2D eigenvalue weighted by atomic mass is 9.68. The fourth-order valence-electron chi connectivity index (χ4n) is 2.74. The van der Waals surface area contributed by atoms with Crippen LogP contribution in [0.3, 0.4) is 0 Å². The number of hydrogen-bond acceptors (Lipinski definition) is 2. The number of aliphatic hydroxyl groups is 1. The van der Waals surface area contributed by atoms with E-state index >= 15 is 0 Å². The Morgan fingerprint density at radius 2 is 2.00 bits per heavy atom. The van der Waals surface area contributed by atoms with Crippen molar-refractivity contribution in [3.8, 4) is 0 Å². The smallest absolute Gasteiger partial charge is 0.0608 e. The molecule has 2 aliphatic rings. The van der Waals surface area contributed by atoms with Gasteiger partial charge in [0.15, 0.2) is 0 Å². The first-order valence-corrected chi connectivity index (χ1v) is 5.65. The average molecular weight is 183 g/mol. The van der Waals surface area contributed by atoms with E-state index in [2.05, 4.69) is 0 Å². The van der Waals surface area contributed by atoms with E-state index in [1.165, 1.54) is 32.1 Å². The lowest BCUT2D eigenvalue weighted by Crippen LogP contribution is -2.44. The summed E-state index contributed by atoms with van der Waals surface area (Å²) in [5.74, 6) is 0.885. The summed E-state index contributed by atoms with van der Waals surface area (Å²) in [5, 5.41) is 10.0. The van der Waals surface area contributed by atoms with Crippen LogP contribution in [0.4, 0.5) is 0 Å². The summed E-state index contributed by atoms with van der Waals surface area (Å²) in [6.07, 6.45) is 8.39. The third-order valence-electron chi connectivity index (χ3n) is 3.91. The molecule has 2 atom stereocenters. The van der Waals surface area contributed by atoms with Gasteiger partial charge in [-0.25, -0.2) is 0 Å². The van der Waals surface area contributed by atoms with Crippen molar-refractivity contribution in [2.75, 3.05) is 6.54 Å². The topological polar surface area (TPSA) is 46.2 Å². The SMILES string of the molecule is NCC1(CC2CC2)CCCCC1O. The Balaban J connectivity index is 2.00. The second-order valence-corrected chi connectivity index (χ2v) is 4.98. The number of rotatable bonds is 3. The van der Waals surface area contributed by atoms with Crippen molar-refractivity contribution in [1.82, 2.24) is 0 Å². The molecule has 0 aliphatic heterocycles. The van der Waals surface area contributed by atoms with Crippen molar-refractivity contribution < 1.29 is 5.11 Å². The highest BCUT2D eigenvalue weighted by atomic mass is 16.3. The zero-order chi connectivity index (χ0) is 9.31. The summed E-state index contributed by atoms with van der Waals surface area (Å²) in [7, 11) is 0. The second kappa shape index (κ2) is 3.58. The van der Waals surface area contributed by atoms with Gasteiger partial charge >= 0.3 is 0 Å². The molecule has 13 heavy (non-hydrogen) atoms. The van der Waals surface area contributed by atoms with Gasteiger partial charge in [-0.3, -0.25) is 0 Å². The Labute approximate surface area is 80.5 Å². The number of aliphatic hydroxyl groups excluding tert-OH is 1. The highest BCUT2D eigenvalue weighted by Gasteiger charge is 2.42. The van der Waals surface area contributed by atoms with Crippen LogP contribution in [0.25, 0.3) is 0 Å². The molecular formula is C11H21NO. The largest absolute Gasteiger partial charge is 0.393 e. The maximum Gasteiger partial charge on any atom is 0.0608 e. The first-order chi connectivity index (χ1) is 6.27. The van der Waals surface area contributed by atoms with Crippen LogP contribution in [0.15, 0.2) is 0 Å². The number of hydrogen-bond donors (Lipinski definition) is 2. The van der Waals surface area contributed by atoms with E-state index in [1.807, 2.05) is 0 Å². The molecule has 76 valence electrons. The third kappa shape index (κ3) is 1.89. The van der Waals surface area contributed by atoms with Crippen molar-refractivity contribution in [3.63, 3.8) is 0 Å². The molecule has 0 radical (unpaired) electrons. The van der Waals surface area contributed by atoms with Crippen LogP contribution in [-0.4, -0.2) is 17.8 Å². The van der Waals surface area contributed by atoms with Gasteiger partial charge in [-0.2, -0.15) is 0 Å². The van der Waals surface area contributed by atoms with Gasteiger partial charge in [0.05, 0.1) is 6.10 Å². The van der Waals surface area contributed by atoms with Gasteiger partial charge in [0, 0.05) is 12.0 Å². The zero-order valence-corrected chi connectivity index (χ0v) is 8.34. The minimum Gasteiger partial charge on any atom is -0.393 e. The van der Waals surface area contributed by atoms with E-state index in [0.717, 1.165) is 18.8 Å². The molecule has 0 aromatic rings. The molecule has 0 aromatic carbocycles. The average Bonchev–Trinajstić information content (AvgIpc) is 2.93. The molecule has 2 unspecified atom stereocenters. The Morgan fingerprint density at radius 3 is 2.54 bits per heavy atom. The van der Waals surface area contributed by atoms with E-state index in [9.17, 15) is 5.11 Å². The van der Waals surface area contributed by atoms with Crippen LogP contribution in [0.1, 0.15) is 44.9 Å². The van der Waals surface area contributed by atoms with Gasteiger partial charge < -0.3 is 10.8 Å². The van der Waals surface area contributed by atoms with Crippen molar-refractivity contribution in [2.24, 2.45) is 17.1 Å². The summed E-state index contributed by atoms with van der Waals surface area (Å²) in [5.41, 5.74) is 5.94. The molecule has 2 fully saturated rings. The van der Waals surface area contributed by atoms with Gasteiger partial charge in [-0.1, -0.05) is 25.7 Å². The van der Waals surface area contributed by atoms with E-state index < -0.39 is 0 Å². The fraction of sp³-hybridized carbons (Fsp3) is 1.00. The lowest BCUT2D eigenvalue weighted by molar-refractivity contribution is -0.0154. The Morgan fingerprint density at radius 1 is 1.23 bits per heavy atom. The molecule has 2 rings (SSSR count). The summed E-state index contributed by atoms with van der Waals surface area (Å²) >= 11 is 0. The fourth-order valence-corrected chi connectivity index (χ4v) is 2.74. The van der Waals surface area contributed by atoms with Gasteiger partial charge in [-0.15, -0.1) is 0 Å². The Bertz CT molecular complexity index is 179.